The van der Waals surface area contributed by atoms with Gasteiger partial charge in [0.15, 0.2) is 0 Å². The number of halogens is 3. The molecular weight excluding hydrogens is 437 g/mol. The fraction of sp³-hybridized carbons (Fsp3) is 0.409. The van der Waals surface area contributed by atoms with Crippen LogP contribution in [0, 0.1) is 5.41 Å². The number of hydrogen-bond donors (Lipinski definition) is 0. The van der Waals surface area contributed by atoms with Crippen LogP contribution in [0.1, 0.15) is 17.0 Å². The SMILES string of the molecule is FC(F)(F)Cc1cc2c(N3CCC4(CN(Cc5cn6ccccc6n5)C4)C3)ncnc2s1. The highest BCUT2D eigenvalue weighted by atomic mass is 32.1. The molecule has 0 saturated carbocycles. The van der Waals surface area contributed by atoms with Gasteiger partial charge in [-0.15, -0.1) is 11.3 Å². The van der Waals surface area contributed by atoms with E-state index in [4.69, 9.17) is 0 Å². The minimum atomic E-state index is -4.22. The zero-order valence-electron chi connectivity index (χ0n) is 17.2. The maximum atomic E-state index is 12.8. The Morgan fingerprint density at radius 1 is 1.12 bits per heavy atom. The Kier molecular flexibility index (Phi) is 4.45. The number of pyridine rings is 1. The van der Waals surface area contributed by atoms with Crippen LogP contribution in [0.2, 0.25) is 0 Å². The third kappa shape index (κ3) is 3.61. The van der Waals surface area contributed by atoms with E-state index < -0.39 is 12.6 Å². The van der Waals surface area contributed by atoms with E-state index in [1.807, 2.05) is 28.8 Å². The number of thiophene rings is 1. The van der Waals surface area contributed by atoms with Crippen LogP contribution in [0.3, 0.4) is 0 Å². The molecule has 166 valence electrons. The van der Waals surface area contributed by atoms with Crippen LogP contribution in [0.4, 0.5) is 19.0 Å². The molecule has 0 unspecified atom stereocenters. The van der Waals surface area contributed by atoms with E-state index in [-0.39, 0.29) is 10.3 Å². The predicted octanol–water partition coefficient (Wildman–Crippen LogP) is 4.16. The summed E-state index contributed by atoms with van der Waals surface area (Å²) in [5, 5.41) is 0.731. The molecule has 0 radical (unpaired) electrons. The number of imidazole rings is 1. The molecule has 0 aromatic carbocycles. The van der Waals surface area contributed by atoms with Gasteiger partial charge in [0.05, 0.1) is 17.5 Å². The molecule has 2 saturated heterocycles. The number of nitrogens with zero attached hydrogens (tertiary/aromatic N) is 6. The Balaban J connectivity index is 1.14. The largest absolute Gasteiger partial charge is 0.393 e. The Hall–Kier alpha value is -2.72. The first-order valence-electron chi connectivity index (χ1n) is 10.6. The van der Waals surface area contributed by atoms with E-state index in [1.54, 1.807) is 6.07 Å². The minimum absolute atomic E-state index is 0.210. The molecule has 10 heteroatoms. The maximum Gasteiger partial charge on any atom is 0.393 e. The summed E-state index contributed by atoms with van der Waals surface area (Å²) in [5.74, 6) is 0.760. The van der Waals surface area contributed by atoms with E-state index in [0.717, 1.165) is 73.0 Å². The lowest BCUT2D eigenvalue weighted by atomic mass is 9.79. The van der Waals surface area contributed by atoms with Gasteiger partial charge in [-0.1, -0.05) is 6.07 Å². The van der Waals surface area contributed by atoms with Gasteiger partial charge in [-0.2, -0.15) is 13.2 Å². The molecular formula is C22H21F3N6S. The third-order valence-electron chi connectivity index (χ3n) is 6.39. The first-order chi connectivity index (χ1) is 15.4. The summed E-state index contributed by atoms with van der Waals surface area (Å²) in [5.41, 5.74) is 2.23. The van der Waals surface area contributed by atoms with Crippen molar-refractivity contribution in [1.82, 2.24) is 24.3 Å². The first kappa shape index (κ1) is 19.9. The molecule has 1 spiro atoms. The van der Waals surface area contributed by atoms with E-state index in [9.17, 15) is 13.2 Å². The molecule has 6 rings (SSSR count). The predicted molar refractivity (Wildman–Crippen MR) is 117 cm³/mol. The highest BCUT2D eigenvalue weighted by Crippen LogP contribution is 2.43. The number of rotatable bonds is 4. The van der Waals surface area contributed by atoms with Gasteiger partial charge < -0.3 is 9.30 Å². The van der Waals surface area contributed by atoms with Crippen molar-refractivity contribution >= 4 is 33.0 Å². The average molecular weight is 459 g/mol. The number of hydrogen-bond acceptors (Lipinski definition) is 6. The van der Waals surface area contributed by atoms with Crippen molar-refractivity contribution in [1.29, 1.82) is 0 Å². The van der Waals surface area contributed by atoms with Gasteiger partial charge in [0, 0.05) is 55.4 Å². The van der Waals surface area contributed by atoms with Gasteiger partial charge in [-0.05, 0) is 24.6 Å². The van der Waals surface area contributed by atoms with Gasteiger partial charge in [0.25, 0.3) is 0 Å². The number of aromatic nitrogens is 4. The molecule has 2 aliphatic rings. The summed E-state index contributed by atoms with van der Waals surface area (Å²) in [4.78, 5) is 18.9. The molecule has 0 amide bonds. The van der Waals surface area contributed by atoms with Crippen molar-refractivity contribution in [3.63, 3.8) is 0 Å². The highest BCUT2D eigenvalue weighted by molar-refractivity contribution is 7.18. The first-order valence-corrected chi connectivity index (χ1v) is 11.4. The van der Waals surface area contributed by atoms with Crippen LogP contribution in [-0.2, 0) is 13.0 Å². The minimum Gasteiger partial charge on any atom is -0.355 e. The second-order valence-corrected chi connectivity index (χ2v) is 10.1. The van der Waals surface area contributed by atoms with Gasteiger partial charge in [0.2, 0.25) is 0 Å². The van der Waals surface area contributed by atoms with Crippen LogP contribution in [0.15, 0.2) is 43.0 Å². The zero-order valence-corrected chi connectivity index (χ0v) is 18.0. The van der Waals surface area contributed by atoms with Crippen molar-refractivity contribution in [2.75, 3.05) is 31.1 Å². The van der Waals surface area contributed by atoms with Gasteiger partial charge >= 0.3 is 6.18 Å². The van der Waals surface area contributed by atoms with Crippen LogP contribution in [0.5, 0.6) is 0 Å². The van der Waals surface area contributed by atoms with Crippen LogP contribution in [-0.4, -0.2) is 56.6 Å². The second-order valence-electron chi connectivity index (χ2n) is 8.94. The number of anilines is 1. The lowest BCUT2D eigenvalue weighted by Crippen LogP contribution is -2.56. The molecule has 4 aromatic heterocycles. The summed E-state index contributed by atoms with van der Waals surface area (Å²) in [6.45, 7) is 4.54. The van der Waals surface area contributed by atoms with E-state index in [1.165, 1.54) is 6.33 Å². The second kappa shape index (κ2) is 7.14. The third-order valence-corrected chi connectivity index (χ3v) is 7.43. The molecule has 2 fully saturated rings. The van der Waals surface area contributed by atoms with Crippen molar-refractivity contribution in [3.8, 4) is 0 Å². The number of fused-ring (bicyclic) bond motifs is 2. The topological polar surface area (TPSA) is 49.6 Å². The quantitative estimate of drug-likeness (QED) is 0.460. The van der Waals surface area contributed by atoms with E-state index in [2.05, 4.69) is 30.9 Å². The highest BCUT2D eigenvalue weighted by Gasteiger charge is 2.48. The zero-order chi connectivity index (χ0) is 21.9. The smallest absolute Gasteiger partial charge is 0.355 e. The number of likely N-dealkylation sites (tertiary alicyclic amines) is 1. The molecule has 2 aliphatic heterocycles. The summed E-state index contributed by atoms with van der Waals surface area (Å²) in [6.07, 6.45) is 1.46. The van der Waals surface area contributed by atoms with Crippen LogP contribution >= 0.6 is 11.3 Å². The normalized spacial score (nSPS) is 18.8. The average Bonchev–Trinajstić information content (AvgIpc) is 3.41. The van der Waals surface area contributed by atoms with Crippen molar-refractivity contribution in [2.24, 2.45) is 5.41 Å². The van der Waals surface area contributed by atoms with Gasteiger partial charge in [-0.25, -0.2) is 15.0 Å². The lowest BCUT2D eigenvalue weighted by Gasteiger charge is -2.47. The molecule has 0 bridgehead atoms. The standard InChI is InChI=1S/C22H21F3N6S/c23-22(24,25)8-16-7-17-19(26-14-27-20(17)32-16)31-6-4-21(13-31)11-29(12-21)9-15-10-30-5-2-1-3-18(30)28-15/h1-3,5,7,10,14H,4,6,8-9,11-13H2. The van der Waals surface area contributed by atoms with Crippen LogP contribution in [0.25, 0.3) is 15.9 Å². The lowest BCUT2D eigenvalue weighted by molar-refractivity contribution is -0.126. The molecule has 0 aliphatic carbocycles. The fourth-order valence-electron chi connectivity index (χ4n) is 5.11. The maximum absolute atomic E-state index is 12.8. The van der Waals surface area contributed by atoms with Crippen molar-refractivity contribution in [2.45, 2.75) is 25.6 Å². The summed E-state index contributed by atoms with van der Waals surface area (Å²) in [6, 6.07) is 7.60. The molecule has 4 aromatic rings. The monoisotopic (exact) mass is 458 g/mol. The summed E-state index contributed by atoms with van der Waals surface area (Å²) < 4.78 is 40.5. The Morgan fingerprint density at radius 3 is 2.81 bits per heavy atom. The molecule has 6 nitrogen and oxygen atoms in total. The van der Waals surface area contributed by atoms with Crippen molar-refractivity contribution in [3.05, 3.63) is 53.6 Å². The Morgan fingerprint density at radius 2 is 2.00 bits per heavy atom. The number of alkyl halides is 3. The molecule has 0 atom stereocenters. The van der Waals surface area contributed by atoms with E-state index >= 15 is 0 Å². The fourth-order valence-corrected chi connectivity index (χ4v) is 6.13. The van der Waals surface area contributed by atoms with E-state index in [0.29, 0.717) is 4.83 Å². The van der Waals surface area contributed by atoms with Gasteiger partial charge in [-0.3, -0.25) is 4.90 Å². The molecule has 32 heavy (non-hydrogen) atoms. The molecule has 6 heterocycles. The Bertz CT molecular complexity index is 1260. The Labute approximate surface area is 186 Å². The summed E-state index contributed by atoms with van der Waals surface area (Å²) in [7, 11) is 0. The van der Waals surface area contributed by atoms with Gasteiger partial charge in [0.1, 0.15) is 22.6 Å². The van der Waals surface area contributed by atoms with Crippen LogP contribution < -0.4 is 4.90 Å². The summed E-state index contributed by atoms with van der Waals surface area (Å²) >= 11 is 1.11. The molecule has 0 N–H and O–H groups in total. The van der Waals surface area contributed by atoms with Crippen molar-refractivity contribution < 1.29 is 13.2 Å².